The summed E-state index contributed by atoms with van der Waals surface area (Å²) < 4.78 is 5.28. The summed E-state index contributed by atoms with van der Waals surface area (Å²) in [4.78, 5) is 6.28. The van der Waals surface area contributed by atoms with Gasteiger partial charge in [0.25, 0.3) is 0 Å². The highest BCUT2D eigenvalue weighted by Crippen LogP contribution is 2.16. The van der Waals surface area contributed by atoms with Crippen LogP contribution >= 0.6 is 0 Å². The van der Waals surface area contributed by atoms with Gasteiger partial charge >= 0.3 is 0 Å². The van der Waals surface area contributed by atoms with E-state index in [1.165, 1.54) is 0 Å². The summed E-state index contributed by atoms with van der Waals surface area (Å²) in [5, 5.41) is 9.47. The van der Waals surface area contributed by atoms with Crippen molar-refractivity contribution in [2.75, 3.05) is 31.7 Å². The lowest BCUT2D eigenvalue weighted by Crippen LogP contribution is -2.23. The van der Waals surface area contributed by atoms with Crippen molar-refractivity contribution in [2.45, 2.75) is 20.0 Å². The number of aromatic nitrogens is 1. The highest BCUT2D eigenvalue weighted by atomic mass is 16.5. The van der Waals surface area contributed by atoms with E-state index in [0.717, 1.165) is 24.5 Å². The first kappa shape index (κ1) is 12.9. The Morgan fingerprint density at radius 1 is 1.56 bits per heavy atom. The van der Waals surface area contributed by atoms with E-state index in [4.69, 9.17) is 4.74 Å². The molecule has 0 aliphatic rings. The van der Waals surface area contributed by atoms with Crippen LogP contribution in [0.2, 0.25) is 0 Å². The molecule has 0 bridgehead atoms. The van der Waals surface area contributed by atoms with E-state index in [1.807, 2.05) is 31.0 Å². The van der Waals surface area contributed by atoms with Gasteiger partial charge in [0, 0.05) is 26.4 Å². The lowest BCUT2D eigenvalue weighted by molar-refractivity contribution is 0.154. The quantitative estimate of drug-likeness (QED) is 0.746. The van der Waals surface area contributed by atoms with Crippen molar-refractivity contribution in [3.63, 3.8) is 0 Å². The number of pyridine rings is 1. The molecule has 0 amide bonds. The first-order chi connectivity index (χ1) is 7.65. The molecule has 1 heterocycles. The first-order valence-electron chi connectivity index (χ1n) is 5.58. The summed E-state index contributed by atoms with van der Waals surface area (Å²) in [6.45, 7) is 5.94. The molecule has 0 fully saturated rings. The Morgan fingerprint density at radius 2 is 2.31 bits per heavy atom. The van der Waals surface area contributed by atoms with Gasteiger partial charge in [-0.05, 0) is 31.5 Å². The Labute approximate surface area is 96.9 Å². The molecule has 1 aromatic rings. The molecule has 0 aromatic carbocycles. The number of nitrogens with zero attached hydrogens (tertiary/aromatic N) is 2. The van der Waals surface area contributed by atoms with Crippen LogP contribution in [0.25, 0.3) is 0 Å². The van der Waals surface area contributed by atoms with Crippen molar-refractivity contribution in [1.82, 2.24) is 4.98 Å². The standard InChI is InChI=1S/C12H20N2O2/c1-4-16-8-7-14(3)12-9-11(10(2)15)5-6-13-12/h5-6,9-10,15H,4,7-8H2,1-3H3/t10-/m1/s1. The predicted molar refractivity (Wildman–Crippen MR) is 64.6 cm³/mol. The normalized spacial score (nSPS) is 12.5. The molecule has 16 heavy (non-hydrogen) atoms. The topological polar surface area (TPSA) is 45.6 Å². The summed E-state index contributed by atoms with van der Waals surface area (Å²) in [5.74, 6) is 0.859. The molecule has 0 saturated heterocycles. The van der Waals surface area contributed by atoms with E-state index in [-0.39, 0.29) is 0 Å². The predicted octanol–water partition coefficient (Wildman–Crippen LogP) is 1.61. The van der Waals surface area contributed by atoms with Crippen LogP contribution < -0.4 is 4.90 Å². The van der Waals surface area contributed by atoms with E-state index in [1.54, 1.807) is 13.1 Å². The fourth-order valence-corrected chi connectivity index (χ4v) is 1.36. The Hall–Kier alpha value is -1.13. The minimum absolute atomic E-state index is 0.456. The third-order valence-electron chi connectivity index (χ3n) is 2.42. The van der Waals surface area contributed by atoms with Gasteiger partial charge in [0.15, 0.2) is 0 Å². The fraction of sp³-hybridized carbons (Fsp3) is 0.583. The number of likely N-dealkylation sites (N-methyl/N-ethyl adjacent to an activating group) is 1. The van der Waals surface area contributed by atoms with Gasteiger partial charge in [-0.2, -0.15) is 0 Å². The van der Waals surface area contributed by atoms with Crippen molar-refractivity contribution in [1.29, 1.82) is 0 Å². The van der Waals surface area contributed by atoms with E-state index in [0.29, 0.717) is 6.61 Å². The second-order valence-corrected chi connectivity index (χ2v) is 3.74. The number of hydrogen-bond acceptors (Lipinski definition) is 4. The van der Waals surface area contributed by atoms with Gasteiger partial charge in [-0.25, -0.2) is 4.98 Å². The third-order valence-corrected chi connectivity index (χ3v) is 2.42. The molecule has 1 N–H and O–H groups in total. The van der Waals surface area contributed by atoms with Crippen molar-refractivity contribution in [2.24, 2.45) is 0 Å². The largest absolute Gasteiger partial charge is 0.389 e. The van der Waals surface area contributed by atoms with Gasteiger partial charge < -0.3 is 14.7 Å². The summed E-state index contributed by atoms with van der Waals surface area (Å²) in [6.07, 6.45) is 1.26. The van der Waals surface area contributed by atoms with Gasteiger partial charge in [0.2, 0.25) is 0 Å². The number of rotatable bonds is 6. The smallest absolute Gasteiger partial charge is 0.128 e. The lowest BCUT2D eigenvalue weighted by Gasteiger charge is -2.18. The maximum absolute atomic E-state index is 9.47. The van der Waals surface area contributed by atoms with Crippen molar-refractivity contribution in [3.8, 4) is 0 Å². The monoisotopic (exact) mass is 224 g/mol. The summed E-state index contributed by atoms with van der Waals surface area (Å²) in [7, 11) is 1.97. The highest BCUT2D eigenvalue weighted by molar-refractivity contribution is 5.40. The van der Waals surface area contributed by atoms with Crippen molar-refractivity contribution < 1.29 is 9.84 Å². The van der Waals surface area contributed by atoms with Gasteiger partial charge in [-0.1, -0.05) is 0 Å². The van der Waals surface area contributed by atoms with Crippen LogP contribution in [0.15, 0.2) is 18.3 Å². The molecule has 1 atom stereocenters. The molecule has 0 aliphatic carbocycles. The lowest BCUT2D eigenvalue weighted by atomic mass is 10.2. The molecule has 0 radical (unpaired) electrons. The molecule has 4 nitrogen and oxygen atoms in total. The molecule has 0 unspecified atom stereocenters. The minimum Gasteiger partial charge on any atom is -0.389 e. The summed E-state index contributed by atoms with van der Waals surface area (Å²) in [6, 6.07) is 3.72. The second kappa shape index (κ2) is 6.45. The first-order valence-corrected chi connectivity index (χ1v) is 5.58. The maximum atomic E-state index is 9.47. The maximum Gasteiger partial charge on any atom is 0.128 e. The molecule has 1 aromatic heterocycles. The SMILES string of the molecule is CCOCCN(C)c1cc([C@@H](C)O)ccn1. The molecule has 0 saturated carbocycles. The zero-order valence-electron chi connectivity index (χ0n) is 10.2. The Bertz CT molecular complexity index is 316. The number of anilines is 1. The van der Waals surface area contributed by atoms with Crippen molar-refractivity contribution >= 4 is 5.82 Å². The molecule has 0 spiro atoms. The molecular formula is C12H20N2O2. The fourth-order valence-electron chi connectivity index (χ4n) is 1.36. The number of ether oxygens (including phenoxy) is 1. The zero-order valence-corrected chi connectivity index (χ0v) is 10.2. The van der Waals surface area contributed by atoms with Gasteiger partial charge in [-0.15, -0.1) is 0 Å². The molecule has 0 aliphatic heterocycles. The van der Waals surface area contributed by atoms with E-state index < -0.39 is 6.10 Å². The second-order valence-electron chi connectivity index (χ2n) is 3.74. The molecule has 4 heteroatoms. The third kappa shape index (κ3) is 3.79. The number of aliphatic hydroxyl groups excluding tert-OH is 1. The van der Waals surface area contributed by atoms with Crippen LogP contribution in [0, 0.1) is 0 Å². The van der Waals surface area contributed by atoms with Crippen LogP contribution in [-0.4, -0.2) is 36.9 Å². The van der Waals surface area contributed by atoms with Gasteiger partial charge in [-0.3, -0.25) is 0 Å². The Balaban J connectivity index is 2.60. The van der Waals surface area contributed by atoms with Crippen LogP contribution in [0.3, 0.4) is 0 Å². The van der Waals surface area contributed by atoms with E-state index in [2.05, 4.69) is 4.98 Å². The summed E-state index contributed by atoms with van der Waals surface area (Å²) in [5.41, 5.74) is 0.883. The van der Waals surface area contributed by atoms with Crippen molar-refractivity contribution in [3.05, 3.63) is 23.9 Å². The molecular weight excluding hydrogens is 204 g/mol. The Morgan fingerprint density at radius 3 is 2.94 bits per heavy atom. The van der Waals surface area contributed by atoms with Crippen LogP contribution in [-0.2, 0) is 4.74 Å². The van der Waals surface area contributed by atoms with Crippen LogP contribution in [0.1, 0.15) is 25.5 Å². The van der Waals surface area contributed by atoms with Crippen LogP contribution in [0.4, 0.5) is 5.82 Å². The van der Waals surface area contributed by atoms with E-state index >= 15 is 0 Å². The van der Waals surface area contributed by atoms with Gasteiger partial charge in [0.1, 0.15) is 5.82 Å². The minimum atomic E-state index is -0.456. The summed E-state index contributed by atoms with van der Waals surface area (Å²) >= 11 is 0. The van der Waals surface area contributed by atoms with E-state index in [9.17, 15) is 5.11 Å². The molecule has 90 valence electrons. The Kier molecular flexibility index (Phi) is 5.22. The zero-order chi connectivity index (χ0) is 12.0. The average Bonchev–Trinajstić information content (AvgIpc) is 2.29. The van der Waals surface area contributed by atoms with Gasteiger partial charge in [0.05, 0.1) is 12.7 Å². The van der Waals surface area contributed by atoms with Crippen LogP contribution in [0.5, 0.6) is 0 Å². The number of aliphatic hydroxyl groups is 1. The average molecular weight is 224 g/mol. The number of hydrogen-bond donors (Lipinski definition) is 1. The molecule has 1 rings (SSSR count). The highest BCUT2D eigenvalue weighted by Gasteiger charge is 2.06.